The molecule has 0 fully saturated rings. The molecule has 130 valence electrons. The molecular formula is C20H19FO4. The number of carbonyl (C=O) groups is 2. The number of methoxy groups -OCH3 is 1. The van der Waals surface area contributed by atoms with E-state index in [-0.39, 0.29) is 18.2 Å². The first-order valence-corrected chi connectivity index (χ1v) is 7.69. The Kier molecular flexibility index (Phi) is 6.06. The molecule has 2 aromatic carbocycles. The summed E-state index contributed by atoms with van der Waals surface area (Å²) < 4.78 is 22.9. The average Bonchev–Trinajstić information content (AvgIpc) is 2.59. The Morgan fingerprint density at radius 3 is 2.24 bits per heavy atom. The summed E-state index contributed by atoms with van der Waals surface area (Å²) in [5, 5.41) is 0. The van der Waals surface area contributed by atoms with Crippen molar-refractivity contribution >= 4 is 17.8 Å². The number of carbonyl (C=O) groups excluding carboxylic acids is 2. The Hall–Kier alpha value is -2.95. The van der Waals surface area contributed by atoms with Crippen molar-refractivity contribution in [2.45, 2.75) is 13.8 Å². The van der Waals surface area contributed by atoms with E-state index in [0.29, 0.717) is 11.3 Å². The summed E-state index contributed by atoms with van der Waals surface area (Å²) in [6.07, 6.45) is 3.13. The molecule has 4 nitrogen and oxygen atoms in total. The third-order valence-electron chi connectivity index (χ3n) is 3.60. The second-order valence-electron chi connectivity index (χ2n) is 5.55. The summed E-state index contributed by atoms with van der Waals surface area (Å²) in [6.45, 7) is 3.56. The zero-order chi connectivity index (χ0) is 18.4. The van der Waals surface area contributed by atoms with Gasteiger partial charge in [-0.3, -0.25) is 4.79 Å². The predicted molar refractivity (Wildman–Crippen MR) is 93.2 cm³/mol. The molecule has 0 unspecified atom stereocenters. The second kappa shape index (κ2) is 8.24. The van der Waals surface area contributed by atoms with Crippen LogP contribution in [0, 0.1) is 19.7 Å². The fourth-order valence-electron chi connectivity index (χ4n) is 2.38. The van der Waals surface area contributed by atoms with Gasteiger partial charge in [0.1, 0.15) is 11.6 Å². The Morgan fingerprint density at radius 2 is 1.68 bits per heavy atom. The van der Waals surface area contributed by atoms with Crippen molar-refractivity contribution in [3.05, 3.63) is 70.5 Å². The number of hydrogen-bond donors (Lipinski definition) is 0. The fourth-order valence-corrected chi connectivity index (χ4v) is 2.38. The van der Waals surface area contributed by atoms with E-state index in [1.54, 1.807) is 6.08 Å². The van der Waals surface area contributed by atoms with E-state index in [0.717, 1.165) is 16.7 Å². The second-order valence-corrected chi connectivity index (χ2v) is 5.55. The molecule has 0 saturated carbocycles. The van der Waals surface area contributed by atoms with E-state index >= 15 is 0 Å². The van der Waals surface area contributed by atoms with Gasteiger partial charge in [0.05, 0.1) is 7.11 Å². The molecule has 0 spiro atoms. The summed E-state index contributed by atoms with van der Waals surface area (Å²) in [4.78, 5) is 23.3. The molecule has 2 rings (SSSR count). The van der Waals surface area contributed by atoms with Crippen molar-refractivity contribution in [1.29, 1.82) is 0 Å². The zero-order valence-corrected chi connectivity index (χ0v) is 14.3. The molecule has 0 aliphatic carbocycles. The first-order chi connectivity index (χ1) is 11.9. The molecule has 0 heterocycles. The van der Waals surface area contributed by atoms with E-state index in [4.69, 9.17) is 4.74 Å². The van der Waals surface area contributed by atoms with Crippen LogP contribution in [0.3, 0.4) is 0 Å². The minimum absolute atomic E-state index is 0.156. The topological polar surface area (TPSA) is 52.6 Å². The largest absolute Gasteiger partial charge is 0.481 e. The molecule has 0 aliphatic rings. The van der Waals surface area contributed by atoms with E-state index in [1.165, 1.54) is 37.5 Å². The lowest BCUT2D eigenvalue weighted by atomic mass is 10.0. The maximum atomic E-state index is 12.9. The van der Waals surface area contributed by atoms with Crippen LogP contribution in [0.4, 0.5) is 4.39 Å². The van der Waals surface area contributed by atoms with Gasteiger partial charge in [0, 0.05) is 5.56 Å². The lowest BCUT2D eigenvalue weighted by Crippen LogP contribution is -2.13. The number of rotatable bonds is 6. The van der Waals surface area contributed by atoms with Gasteiger partial charge in [-0.1, -0.05) is 6.08 Å². The summed E-state index contributed by atoms with van der Waals surface area (Å²) in [6, 6.07) is 9.11. The van der Waals surface area contributed by atoms with Crippen molar-refractivity contribution in [1.82, 2.24) is 0 Å². The molecule has 0 bridgehead atoms. The number of halogens is 1. The van der Waals surface area contributed by atoms with E-state index in [9.17, 15) is 14.0 Å². The molecule has 0 N–H and O–H groups in total. The molecular weight excluding hydrogens is 323 g/mol. The van der Waals surface area contributed by atoms with Gasteiger partial charge in [-0.2, -0.15) is 0 Å². The van der Waals surface area contributed by atoms with Crippen LogP contribution in [0.5, 0.6) is 5.75 Å². The highest BCUT2D eigenvalue weighted by molar-refractivity contribution is 6.06. The number of benzene rings is 2. The maximum absolute atomic E-state index is 12.9. The van der Waals surface area contributed by atoms with Crippen LogP contribution in [0.15, 0.2) is 42.5 Å². The van der Waals surface area contributed by atoms with Gasteiger partial charge < -0.3 is 9.47 Å². The Morgan fingerprint density at radius 1 is 1.08 bits per heavy atom. The third kappa shape index (κ3) is 5.01. The van der Waals surface area contributed by atoms with Gasteiger partial charge in [-0.25, -0.2) is 9.18 Å². The molecule has 0 radical (unpaired) electrons. The number of hydrogen-bond acceptors (Lipinski definition) is 4. The van der Waals surface area contributed by atoms with Gasteiger partial charge in [0.25, 0.3) is 0 Å². The number of allylic oxidation sites excluding steroid dienone is 1. The monoisotopic (exact) mass is 342 g/mol. The normalized spacial score (nSPS) is 10.7. The highest BCUT2D eigenvalue weighted by Gasteiger charge is 2.09. The van der Waals surface area contributed by atoms with Crippen molar-refractivity contribution in [2.75, 3.05) is 13.7 Å². The van der Waals surface area contributed by atoms with Gasteiger partial charge in [0.2, 0.25) is 0 Å². The van der Waals surface area contributed by atoms with Crippen molar-refractivity contribution in [3.8, 4) is 5.75 Å². The van der Waals surface area contributed by atoms with Gasteiger partial charge in [-0.15, -0.1) is 0 Å². The summed E-state index contributed by atoms with van der Waals surface area (Å²) in [5.41, 5.74) is 2.94. The lowest BCUT2D eigenvalue weighted by Gasteiger charge is -2.12. The smallest absolute Gasteiger partial charge is 0.343 e. The Bertz CT molecular complexity index is 784. The first kappa shape index (κ1) is 18.4. The average molecular weight is 342 g/mol. The number of ketones is 1. The van der Waals surface area contributed by atoms with Crippen LogP contribution in [-0.2, 0) is 9.53 Å². The summed E-state index contributed by atoms with van der Waals surface area (Å²) >= 11 is 0. The van der Waals surface area contributed by atoms with Crippen molar-refractivity contribution in [3.63, 3.8) is 0 Å². The minimum atomic E-state index is -0.451. The fraction of sp³-hybridized carbons (Fsp3) is 0.200. The zero-order valence-electron chi connectivity index (χ0n) is 14.3. The standard InChI is InChI=1S/C20H19FO4/c1-13-10-15(11-14(2)20(13)25-12-19(23)24-3)4-9-18(22)16-5-7-17(21)8-6-16/h4-11H,12H2,1-3H3. The Balaban J connectivity index is 2.13. The minimum Gasteiger partial charge on any atom is -0.481 e. The van der Waals surface area contributed by atoms with E-state index < -0.39 is 5.97 Å². The molecule has 0 aromatic heterocycles. The Labute approximate surface area is 145 Å². The van der Waals surface area contributed by atoms with Crippen LogP contribution in [0.25, 0.3) is 6.08 Å². The van der Waals surface area contributed by atoms with Gasteiger partial charge >= 0.3 is 5.97 Å². The van der Waals surface area contributed by atoms with Crippen molar-refractivity contribution < 1.29 is 23.5 Å². The van der Waals surface area contributed by atoms with Crippen LogP contribution in [0.1, 0.15) is 27.0 Å². The number of aryl methyl sites for hydroxylation is 2. The first-order valence-electron chi connectivity index (χ1n) is 7.69. The predicted octanol–water partition coefficient (Wildman–Crippen LogP) is 3.89. The van der Waals surface area contributed by atoms with E-state index in [1.807, 2.05) is 26.0 Å². The highest BCUT2D eigenvalue weighted by Crippen LogP contribution is 2.25. The summed E-state index contributed by atoms with van der Waals surface area (Å²) in [7, 11) is 1.30. The molecule has 25 heavy (non-hydrogen) atoms. The molecule has 0 amide bonds. The number of esters is 1. The highest BCUT2D eigenvalue weighted by atomic mass is 19.1. The van der Waals surface area contributed by atoms with Crippen LogP contribution < -0.4 is 4.74 Å². The quantitative estimate of drug-likeness (QED) is 0.454. The van der Waals surface area contributed by atoms with Gasteiger partial charge in [0.15, 0.2) is 12.4 Å². The SMILES string of the molecule is COC(=O)COc1c(C)cc(C=CC(=O)c2ccc(F)cc2)cc1C. The molecule has 5 heteroatoms. The molecule has 0 saturated heterocycles. The molecule has 0 aliphatic heterocycles. The molecule has 0 atom stereocenters. The van der Waals surface area contributed by atoms with Crippen LogP contribution >= 0.6 is 0 Å². The maximum Gasteiger partial charge on any atom is 0.343 e. The third-order valence-corrected chi connectivity index (χ3v) is 3.60. The van der Waals surface area contributed by atoms with Gasteiger partial charge in [-0.05, 0) is 73.0 Å². The van der Waals surface area contributed by atoms with Crippen LogP contribution in [-0.4, -0.2) is 25.5 Å². The lowest BCUT2D eigenvalue weighted by molar-refractivity contribution is -0.142. The molecule has 2 aromatic rings. The summed E-state index contributed by atoms with van der Waals surface area (Å²) in [5.74, 6) is -0.421. The van der Waals surface area contributed by atoms with E-state index in [2.05, 4.69) is 4.74 Å². The van der Waals surface area contributed by atoms with Crippen molar-refractivity contribution in [2.24, 2.45) is 0 Å². The number of ether oxygens (including phenoxy) is 2. The van der Waals surface area contributed by atoms with Crippen LogP contribution in [0.2, 0.25) is 0 Å².